The average molecular weight is 234 g/mol. The van der Waals surface area contributed by atoms with Crippen LogP contribution in [0.1, 0.15) is 33.1 Å². The Morgan fingerprint density at radius 3 is 1.94 bits per heavy atom. The van der Waals surface area contributed by atoms with Crippen LogP contribution in [0, 0.1) is 5.41 Å². The average Bonchev–Trinajstić information content (AvgIpc) is 2.29. The Labute approximate surface area is 99.1 Å². The van der Waals surface area contributed by atoms with E-state index >= 15 is 0 Å². The molecule has 0 rings (SSSR count). The molecule has 0 unspecified atom stereocenters. The van der Waals surface area contributed by atoms with Gasteiger partial charge in [0.15, 0.2) is 0 Å². The first-order chi connectivity index (χ1) is 7.74. The van der Waals surface area contributed by atoms with Crippen molar-refractivity contribution in [2.45, 2.75) is 33.1 Å². The second kappa shape index (κ2) is 10.0. The largest absolute Gasteiger partial charge is 0.384 e. The standard InChI is InChI=1S/C12H26O4/c1-5-7-8-15-16-11-12(6-2,9-13-3)10-14-4/h5-11H2,1-4H3. The Kier molecular flexibility index (Phi) is 9.92. The van der Waals surface area contributed by atoms with Gasteiger partial charge in [-0.2, -0.15) is 0 Å². The van der Waals surface area contributed by atoms with Gasteiger partial charge in [0, 0.05) is 19.6 Å². The minimum atomic E-state index is -0.101. The first-order valence-electron chi connectivity index (χ1n) is 5.97. The third-order valence-electron chi connectivity index (χ3n) is 2.68. The molecule has 4 nitrogen and oxygen atoms in total. The second-order valence-electron chi connectivity index (χ2n) is 4.16. The van der Waals surface area contributed by atoms with E-state index in [2.05, 4.69) is 13.8 Å². The van der Waals surface area contributed by atoms with Gasteiger partial charge in [0.1, 0.15) is 0 Å². The van der Waals surface area contributed by atoms with Crippen LogP contribution in [0.25, 0.3) is 0 Å². The molecule has 0 saturated heterocycles. The van der Waals surface area contributed by atoms with Crippen LogP contribution in [0.4, 0.5) is 0 Å². The summed E-state index contributed by atoms with van der Waals surface area (Å²) in [5.41, 5.74) is -0.101. The van der Waals surface area contributed by atoms with E-state index in [1.165, 1.54) is 0 Å². The van der Waals surface area contributed by atoms with E-state index < -0.39 is 0 Å². The summed E-state index contributed by atoms with van der Waals surface area (Å²) in [7, 11) is 3.38. The lowest BCUT2D eigenvalue weighted by molar-refractivity contribution is -0.315. The SMILES string of the molecule is CCCCOOCC(CC)(COC)COC. The summed E-state index contributed by atoms with van der Waals surface area (Å²) >= 11 is 0. The van der Waals surface area contributed by atoms with E-state index in [0.29, 0.717) is 26.4 Å². The second-order valence-corrected chi connectivity index (χ2v) is 4.16. The summed E-state index contributed by atoms with van der Waals surface area (Å²) in [6, 6.07) is 0. The predicted molar refractivity (Wildman–Crippen MR) is 63.3 cm³/mol. The van der Waals surface area contributed by atoms with Gasteiger partial charge in [-0.05, 0) is 12.8 Å². The monoisotopic (exact) mass is 234 g/mol. The quantitative estimate of drug-likeness (QED) is 0.312. The van der Waals surface area contributed by atoms with Crippen LogP contribution < -0.4 is 0 Å². The molecule has 0 amide bonds. The van der Waals surface area contributed by atoms with Crippen LogP contribution in [0.5, 0.6) is 0 Å². The molecular weight excluding hydrogens is 208 g/mol. The van der Waals surface area contributed by atoms with Crippen LogP contribution >= 0.6 is 0 Å². The Balaban J connectivity index is 3.89. The molecule has 0 aliphatic heterocycles. The number of methoxy groups -OCH3 is 2. The van der Waals surface area contributed by atoms with Crippen molar-refractivity contribution in [2.24, 2.45) is 5.41 Å². The molecular formula is C12H26O4. The first-order valence-corrected chi connectivity index (χ1v) is 5.97. The molecule has 0 radical (unpaired) electrons. The number of ether oxygens (including phenoxy) is 2. The van der Waals surface area contributed by atoms with Gasteiger partial charge in [0.2, 0.25) is 0 Å². The molecule has 0 aliphatic carbocycles. The molecule has 0 fully saturated rings. The van der Waals surface area contributed by atoms with Gasteiger partial charge in [0.05, 0.1) is 26.4 Å². The fourth-order valence-electron chi connectivity index (χ4n) is 1.47. The highest BCUT2D eigenvalue weighted by atomic mass is 17.2. The third kappa shape index (κ3) is 6.43. The normalized spacial score (nSPS) is 12.0. The number of hydrogen-bond donors (Lipinski definition) is 0. The van der Waals surface area contributed by atoms with Gasteiger partial charge in [-0.25, -0.2) is 9.78 Å². The molecule has 0 aliphatic rings. The van der Waals surface area contributed by atoms with Gasteiger partial charge in [0.25, 0.3) is 0 Å². The molecule has 0 saturated carbocycles. The van der Waals surface area contributed by atoms with Crippen molar-refractivity contribution in [3.63, 3.8) is 0 Å². The summed E-state index contributed by atoms with van der Waals surface area (Å²) in [5, 5.41) is 0. The fraction of sp³-hybridized carbons (Fsp3) is 1.00. The summed E-state index contributed by atoms with van der Waals surface area (Å²) in [5.74, 6) is 0. The Bertz CT molecular complexity index is 144. The Morgan fingerprint density at radius 2 is 1.50 bits per heavy atom. The van der Waals surface area contributed by atoms with E-state index in [1.54, 1.807) is 14.2 Å². The van der Waals surface area contributed by atoms with E-state index in [0.717, 1.165) is 19.3 Å². The summed E-state index contributed by atoms with van der Waals surface area (Å²) < 4.78 is 10.4. The van der Waals surface area contributed by atoms with Gasteiger partial charge >= 0.3 is 0 Å². The van der Waals surface area contributed by atoms with Gasteiger partial charge in [-0.1, -0.05) is 20.3 Å². The van der Waals surface area contributed by atoms with Crippen molar-refractivity contribution in [3.05, 3.63) is 0 Å². The van der Waals surface area contributed by atoms with Crippen molar-refractivity contribution in [1.82, 2.24) is 0 Å². The van der Waals surface area contributed by atoms with Crippen LogP contribution in [0.2, 0.25) is 0 Å². The Hall–Kier alpha value is -0.160. The maximum atomic E-state index is 5.24. The van der Waals surface area contributed by atoms with Crippen molar-refractivity contribution < 1.29 is 19.2 Å². The summed E-state index contributed by atoms with van der Waals surface area (Å²) in [4.78, 5) is 10.4. The molecule has 0 atom stereocenters. The summed E-state index contributed by atoms with van der Waals surface area (Å²) in [6.07, 6.45) is 3.07. The zero-order valence-corrected chi connectivity index (χ0v) is 11.1. The molecule has 0 N–H and O–H groups in total. The van der Waals surface area contributed by atoms with Crippen molar-refractivity contribution in [1.29, 1.82) is 0 Å². The number of rotatable bonds is 11. The van der Waals surface area contributed by atoms with Crippen LogP contribution in [0.15, 0.2) is 0 Å². The molecule has 4 heteroatoms. The number of unbranched alkanes of at least 4 members (excludes halogenated alkanes) is 1. The van der Waals surface area contributed by atoms with Crippen LogP contribution in [-0.4, -0.2) is 40.6 Å². The minimum Gasteiger partial charge on any atom is -0.384 e. The van der Waals surface area contributed by atoms with Gasteiger partial charge < -0.3 is 9.47 Å². The molecule has 0 bridgehead atoms. The smallest absolute Gasteiger partial charge is 0.0922 e. The minimum absolute atomic E-state index is 0.101. The maximum absolute atomic E-state index is 5.24. The van der Waals surface area contributed by atoms with E-state index in [9.17, 15) is 0 Å². The maximum Gasteiger partial charge on any atom is 0.0922 e. The lowest BCUT2D eigenvalue weighted by Gasteiger charge is -2.30. The van der Waals surface area contributed by atoms with Crippen molar-refractivity contribution in [3.8, 4) is 0 Å². The topological polar surface area (TPSA) is 36.9 Å². The highest BCUT2D eigenvalue weighted by molar-refractivity contribution is 4.76. The van der Waals surface area contributed by atoms with Crippen LogP contribution in [-0.2, 0) is 19.2 Å². The van der Waals surface area contributed by atoms with E-state index in [4.69, 9.17) is 19.2 Å². The molecule has 16 heavy (non-hydrogen) atoms. The third-order valence-corrected chi connectivity index (χ3v) is 2.68. The van der Waals surface area contributed by atoms with Crippen LogP contribution in [0.3, 0.4) is 0 Å². The lowest BCUT2D eigenvalue weighted by atomic mass is 9.88. The van der Waals surface area contributed by atoms with Gasteiger partial charge in [-0.3, -0.25) is 0 Å². The highest BCUT2D eigenvalue weighted by Crippen LogP contribution is 2.23. The molecule has 0 aromatic heterocycles. The molecule has 98 valence electrons. The summed E-state index contributed by atoms with van der Waals surface area (Å²) in [6.45, 7) is 6.62. The highest BCUT2D eigenvalue weighted by Gasteiger charge is 2.29. The van der Waals surface area contributed by atoms with E-state index in [1.807, 2.05) is 0 Å². The lowest BCUT2D eigenvalue weighted by Crippen LogP contribution is -2.36. The van der Waals surface area contributed by atoms with Gasteiger partial charge in [-0.15, -0.1) is 0 Å². The molecule has 0 aromatic rings. The number of hydrogen-bond acceptors (Lipinski definition) is 4. The molecule has 0 aromatic carbocycles. The fourth-order valence-corrected chi connectivity index (χ4v) is 1.47. The van der Waals surface area contributed by atoms with E-state index in [-0.39, 0.29) is 5.41 Å². The van der Waals surface area contributed by atoms with Crippen molar-refractivity contribution in [2.75, 3.05) is 40.6 Å². The predicted octanol–water partition coefficient (Wildman–Crippen LogP) is 2.42. The molecule has 0 heterocycles. The molecule has 0 spiro atoms. The Morgan fingerprint density at radius 1 is 0.875 bits per heavy atom. The zero-order chi connectivity index (χ0) is 12.3. The first kappa shape index (κ1) is 15.8. The zero-order valence-electron chi connectivity index (χ0n) is 11.1. The van der Waals surface area contributed by atoms with Crippen molar-refractivity contribution >= 4 is 0 Å².